The second kappa shape index (κ2) is 7.93. The zero-order chi connectivity index (χ0) is 16.9. The summed E-state index contributed by atoms with van der Waals surface area (Å²) in [6.45, 7) is 9.08. The molecule has 23 heavy (non-hydrogen) atoms. The zero-order valence-corrected chi connectivity index (χ0v) is 14.7. The van der Waals surface area contributed by atoms with Gasteiger partial charge < -0.3 is 10.4 Å². The molecular weight excluding hydrogens is 288 g/mol. The Morgan fingerprint density at radius 3 is 2.52 bits per heavy atom. The van der Waals surface area contributed by atoms with Gasteiger partial charge in [-0.05, 0) is 36.6 Å². The van der Waals surface area contributed by atoms with Crippen LogP contribution in [-0.2, 0) is 17.9 Å². The average Bonchev–Trinajstić information content (AvgIpc) is 2.91. The number of aliphatic hydroxyl groups is 1. The molecule has 2 N–H and O–H groups in total. The molecule has 0 aromatic heterocycles. The quantitative estimate of drug-likeness (QED) is 0.769. The number of carbonyl (C=O) groups excluding carboxylic acids is 1. The maximum atomic E-state index is 12.4. The second-order valence-electron chi connectivity index (χ2n) is 6.70. The van der Waals surface area contributed by atoms with E-state index in [4.69, 9.17) is 0 Å². The lowest BCUT2D eigenvalue weighted by atomic mass is 9.89. The summed E-state index contributed by atoms with van der Waals surface area (Å²) in [6, 6.07) is 6.09. The van der Waals surface area contributed by atoms with E-state index in [1.165, 1.54) is 11.1 Å². The van der Waals surface area contributed by atoms with E-state index in [-0.39, 0.29) is 12.3 Å². The number of benzene rings is 1. The Kier molecular flexibility index (Phi) is 6.19. The van der Waals surface area contributed by atoms with E-state index < -0.39 is 5.60 Å². The van der Waals surface area contributed by atoms with Crippen LogP contribution < -0.4 is 5.32 Å². The minimum atomic E-state index is -0.874. The molecule has 0 radical (unpaired) electrons. The number of hydrogen-bond donors (Lipinski definition) is 2. The Labute approximate surface area is 139 Å². The van der Waals surface area contributed by atoms with E-state index in [0.717, 1.165) is 38.2 Å². The van der Waals surface area contributed by atoms with E-state index in [1.54, 1.807) is 0 Å². The summed E-state index contributed by atoms with van der Waals surface area (Å²) in [7, 11) is 0. The standard InChI is InChI=1S/C19H30N2O2/c1-4-10-19(23,11-5-2)12-18(22)20-17-9-7-8-15-13-21(6-3)14-16(15)17/h7-9,23H,4-6,10-14H2,1-3H3,(H,20,22). The van der Waals surface area contributed by atoms with Gasteiger partial charge in [0.2, 0.25) is 5.91 Å². The highest BCUT2D eigenvalue weighted by Crippen LogP contribution is 2.30. The monoisotopic (exact) mass is 318 g/mol. The first-order chi connectivity index (χ1) is 11.0. The molecule has 1 heterocycles. The summed E-state index contributed by atoms with van der Waals surface area (Å²) in [5.41, 5.74) is 2.54. The Morgan fingerprint density at radius 2 is 1.91 bits per heavy atom. The van der Waals surface area contributed by atoms with Crippen LogP contribution in [0.1, 0.15) is 64.0 Å². The van der Waals surface area contributed by atoms with Crippen molar-refractivity contribution in [2.75, 3.05) is 11.9 Å². The molecule has 1 amide bonds. The smallest absolute Gasteiger partial charge is 0.227 e. The van der Waals surface area contributed by atoms with Gasteiger partial charge in [0.05, 0.1) is 12.0 Å². The lowest BCUT2D eigenvalue weighted by Crippen LogP contribution is -2.34. The van der Waals surface area contributed by atoms with Crippen molar-refractivity contribution in [1.82, 2.24) is 4.90 Å². The molecule has 1 aliphatic rings. The molecule has 0 spiro atoms. The summed E-state index contributed by atoms with van der Waals surface area (Å²) >= 11 is 0. The molecule has 1 aliphatic heterocycles. The summed E-state index contributed by atoms with van der Waals surface area (Å²) in [5, 5.41) is 13.7. The topological polar surface area (TPSA) is 52.6 Å². The second-order valence-corrected chi connectivity index (χ2v) is 6.70. The minimum Gasteiger partial charge on any atom is -0.389 e. The first-order valence-corrected chi connectivity index (χ1v) is 8.86. The zero-order valence-electron chi connectivity index (χ0n) is 14.7. The predicted molar refractivity (Wildman–Crippen MR) is 94.2 cm³/mol. The van der Waals surface area contributed by atoms with E-state index in [2.05, 4.69) is 23.2 Å². The van der Waals surface area contributed by atoms with Crippen molar-refractivity contribution in [3.8, 4) is 0 Å². The third-order valence-corrected chi connectivity index (χ3v) is 4.69. The Hall–Kier alpha value is -1.39. The van der Waals surface area contributed by atoms with Gasteiger partial charge in [0.1, 0.15) is 0 Å². The van der Waals surface area contributed by atoms with Crippen molar-refractivity contribution in [2.45, 2.75) is 71.6 Å². The van der Waals surface area contributed by atoms with E-state index >= 15 is 0 Å². The summed E-state index contributed by atoms with van der Waals surface area (Å²) in [5.74, 6) is -0.0854. The van der Waals surface area contributed by atoms with Crippen LogP contribution in [0, 0.1) is 0 Å². The average molecular weight is 318 g/mol. The van der Waals surface area contributed by atoms with Gasteiger partial charge in [0, 0.05) is 18.8 Å². The Balaban J connectivity index is 2.05. The van der Waals surface area contributed by atoms with Gasteiger partial charge in [0.25, 0.3) is 0 Å². The fourth-order valence-corrected chi connectivity index (χ4v) is 3.56. The lowest BCUT2D eigenvalue weighted by molar-refractivity contribution is -0.121. The number of nitrogens with one attached hydrogen (secondary N) is 1. The van der Waals surface area contributed by atoms with Gasteiger partial charge in [-0.2, -0.15) is 0 Å². The number of amides is 1. The van der Waals surface area contributed by atoms with Crippen LogP contribution in [0.25, 0.3) is 0 Å². The van der Waals surface area contributed by atoms with Gasteiger partial charge in [-0.15, -0.1) is 0 Å². The van der Waals surface area contributed by atoms with Crippen LogP contribution in [0.3, 0.4) is 0 Å². The molecule has 0 unspecified atom stereocenters. The van der Waals surface area contributed by atoms with Crippen molar-refractivity contribution in [2.24, 2.45) is 0 Å². The van der Waals surface area contributed by atoms with Crippen molar-refractivity contribution in [3.63, 3.8) is 0 Å². The lowest BCUT2D eigenvalue weighted by Gasteiger charge is -2.27. The van der Waals surface area contributed by atoms with Crippen molar-refractivity contribution >= 4 is 11.6 Å². The molecular formula is C19H30N2O2. The molecule has 128 valence electrons. The fraction of sp³-hybridized carbons (Fsp3) is 0.632. The number of nitrogens with zero attached hydrogens (tertiary/aromatic N) is 1. The summed E-state index contributed by atoms with van der Waals surface area (Å²) in [6.07, 6.45) is 3.29. The van der Waals surface area contributed by atoms with Crippen LogP contribution in [0.5, 0.6) is 0 Å². The molecule has 4 heteroatoms. The third kappa shape index (κ3) is 4.55. The molecule has 0 atom stereocenters. The van der Waals surface area contributed by atoms with Crippen LogP contribution in [-0.4, -0.2) is 28.1 Å². The molecule has 1 aromatic rings. The SMILES string of the molecule is CCCC(O)(CCC)CC(=O)Nc1cccc2c1CN(CC)C2. The van der Waals surface area contributed by atoms with Gasteiger partial charge in [0.15, 0.2) is 0 Å². The minimum absolute atomic E-state index is 0.0854. The predicted octanol–water partition coefficient (Wildman–Crippen LogP) is 3.68. The van der Waals surface area contributed by atoms with Crippen LogP contribution in [0.2, 0.25) is 0 Å². The highest BCUT2D eigenvalue weighted by atomic mass is 16.3. The maximum absolute atomic E-state index is 12.4. The number of hydrogen-bond acceptors (Lipinski definition) is 3. The Bertz CT molecular complexity index is 536. The molecule has 0 saturated heterocycles. The van der Waals surface area contributed by atoms with E-state index in [1.807, 2.05) is 26.0 Å². The molecule has 2 rings (SSSR count). The molecule has 0 aliphatic carbocycles. The van der Waals surface area contributed by atoms with Crippen molar-refractivity contribution < 1.29 is 9.90 Å². The van der Waals surface area contributed by atoms with Gasteiger partial charge in [-0.25, -0.2) is 0 Å². The fourth-order valence-electron chi connectivity index (χ4n) is 3.56. The molecule has 4 nitrogen and oxygen atoms in total. The normalized spacial score (nSPS) is 14.8. The van der Waals surface area contributed by atoms with Gasteiger partial charge >= 0.3 is 0 Å². The molecule has 1 aromatic carbocycles. The van der Waals surface area contributed by atoms with Crippen molar-refractivity contribution in [1.29, 1.82) is 0 Å². The van der Waals surface area contributed by atoms with E-state index in [9.17, 15) is 9.90 Å². The first-order valence-electron chi connectivity index (χ1n) is 8.86. The number of rotatable bonds is 8. The number of anilines is 1. The highest BCUT2D eigenvalue weighted by molar-refractivity contribution is 5.92. The summed E-state index contributed by atoms with van der Waals surface area (Å²) < 4.78 is 0. The number of fused-ring (bicyclic) bond motifs is 1. The molecule has 0 fully saturated rings. The summed E-state index contributed by atoms with van der Waals surface area (Å²) in [4.78, 5) is 14.8. The van der Waals surface area contributed by atoms with Crippen LogP contribution in [0.4, 0.5) is 5.69 Å². The van der Waals surface area contributed by atoms with Crippen molar-refractivity contribution in [3.05, 3.63) is 29.3 Å². The van der Waals surface area contributed by atoms with Gasteiger partial charge in [-0.3, -0.25) is 9.69 Å². The van der Waals surface area contributed by atoms with Crippen LogP contribution in [0.15, 0.2) is 18.2 Å². The van der Waals surface area contributed by atoms with E-state index in [0.29, 0.717) is 12.8 Å². The molecule has 0 saturated carbocycles. The van der Waals surface area contributed by atoms with Crippen LogP contribution >= 0.6 is 0 Å². The largest absolute Gasteiger partial charge is 0.389 e. The van der Waals surface area contributed by atoms with Gasteiger partial charge in [-0.1, -0.05) is 45.7 Å². The number of carbonyl (C=O) groups is 1. The molecule has 0 bridgehead atoms. The first kappa shape index (κ1) is 18.0. The third-order valence-electron chi connectivity index (χ3n) is 4.69. The Morgan fingerprint density at radius 1 is 1.22 bits per heavy atom. The highest BCUT2D eigenvalue weighted by Gasteiger charge is 2.29. The maximum Gasteiger partial charge on any atom is 0.227 e.